The molecular weight excluding hydrogens is 256 g/mol. The van der Waals surface area contributed by atoms with Crippen molar-refractivity contribution in [2.45, 2.75) is 26.3 Å². The van der Waals surface area contributed by atoms with Crippen LogP contribution in [-0.2, 0) is 0 Å². The van der Waals surface area contributed by atoms with Crippen LogP contribution < -0.4 is 4.74 Å². The van der Waals surface area contributed by atoms with E-state index >= 15 is 0 Å². The summed E-state index contributed by atoms with van der Waals surface area (Å²) < 4.78 is 5.08. The molecule has 0 aromatic heterocycles. The number of hydrogen-bond donors (Lipinski definition) is 1. The molecule has 5 heteroatoms. The third-order valence-corrected chi connectivity index (χ3v) is 3.93. The second kappa shape index (κ2) is 4.23. The highest BCUT2D eigenvalue weighted by molar-refractivity contribution is 6.03. The molecule has 2 aliphatic rings. The number of hydrogen-bond acceptors (Lipinski definition) is 4. The predicted molar refractivity (Wildman–Crippen MR) is 76.0 cm³/mol. The lowest BCUT2D eigenvalue weighted by atomic mass is 9.91. The third kappa shape index (κ3) is 1.94. The molecule has 0 bridgehead atoms. The number of aliphatic imine (C=N–C) groups is 1. The van der Waals surface area contributed by atoms with Gasteiger partial charge >= 0.3 is 0 Å². The number of amides is 1. The first-order chi connectivity index (χ1) is 9.41. The molecule has 1 fully saturated rings. The number of carbonyl (C=O) groups is 1. The van der Waals surface area contributed by atoms with Crippen molar-refractivity contribution in [2.24, 2.45) is 10.4 Å². The van der Waals surface area contributed by atoms with E-state index in [1.165, 1.54) is 13.2 Å². The fourth-order valence-corrected chi connectivity index (χ4v) is 2.99. The largest absolute Gasteiger partial charge is 0.504 e. The molecule has 0 unspecified atom stereocenters. The Balaban J connectivity index is 2.08. The topological polar surface area (TPSA) is 62.1 Å². The van der Waals surface area contributed by atoms with E-state index in [1.807, 2.05) is 11.1 Å². The van der Waals surface area contributed by atoms with Crippen LogP contribution >= 0.6 is 0 Å². The van der Waals surface area contributed by atoms with Crippen LogP contribution in [0.2, 0.25) is 0 Å². The normalized spacial score (nSPS) is 23.2. The molecule has 2 heterocycles. The van der Waals surface area contributed by atoms with Gasteiger partial charge in [-0.15, -0.1) is 0 Å². The molecule has 1 atom stereocenters. The predicted octanol–water partition coefficient (Wildman–Crippen LogP) is 2.36. The van der Waals surface area contributed by atoms with Gasteiger partial charge in [0.15, 0.2) is 11.5 Å². The standard InChI is InChI=1S/C15H18N2O3/c1-15(2)6-9-7-16-11-5-12(18)13(20-3)4-10(11)14(19)17(9)8-15/h4-5,7,9,18H,6,8H2,1-3H3/t9-/m0/s1. The minimum absolute atomic E-state index is 0.00131. The van der Waals surface area contributed by atoms with E-state index in [9.17, 15) is 9.90 Å². The Morgan fingerprint density at radius 3 is 2.90 bits per heavy atom. The number of aromatic hydroxyl groups is 1. The average molecular weight is 274 g/mol. The van der Waals surface area contributed by atoms with Crippen molar-refractivity contribution in [1.82, 2.24) is 4.90 Å². The first kappa shape index (κ1) is 13.0. The van der Waals surface area contributed by atoms with Gasteiger partial charge in [0.25, 0.3) is 5.91 Å². The highest BCUT2D eigenvalue weighted by Crippen LogP contribution is 2.40. The molecule has 20 heavy (non-hydrogen) atoms. The summed E-state index contributed by atoms with van der Waals surface area (Å²) in [4.78, 5) is 18.9. The molecule has 3 rings (SSSR count). The maximum atomic E-state index is 12.7. The summed E-state index contributed by atoms with van der Waals surface area (Å²) in [7, 11) is 1.47. The number of carbonyl (C=O) groups excluding carboxylic acids is 1. The van der Waals surface area contributed by atoms with Crippen molar-refractivity contribution in [3.8, 4) is 11.5 Å². The zero-order chi connectivity index (χ0) is 14.5. The number of phenolic OH excluding ortho intramolecular Hbond substituents is 1. The summed E-state index contributed by atoms with van der Waals surface area (Å²) >= 11 is 0. The number of benzene rings is 1. The number of fused-ring (bicyclic) bond motifs is 2. The van der Waals surface area contributed by atoms with Crippen LogP contribution in [0.4, 0.5) is 5.69 Å². The van der Waals surface area contributed by atoms with Gasteiger partial charge in [0.1, 0.15) is 0 Å². The Morgan fingerprint density at radius 1 is 1.45 bits per heavy atom. The smallest absolute Gasteiger partial charge is 0.256 e. The van der Waals surface area contributed by atoms with E-state index in [-0.39, 0.29) is 23.1 Å². The molecule has 1 N–H and O–H groups in total. The molecule has 1 saturated heterocycles. The van der Waals surface area contributed by atoms with Gasteiger partial charge in [0.05, 0.1) is 24.4 Å². The number of phenols is 1. The summed E-state index contributed by atoms with van der Waals surface area (Å²) in [6, 6.07) is 3.08. The van der Waals surface area contributed by atoms with E-state index in [4.69, 9.17) is 4.74 Å². The van der Waals surface area contributed by atoms with Gasteiger partial charge in [-0.3, -0.25) is 9.79 Å². The van der Waals surface area contributed by atoms with Crippen molar-refractivity contribution in [2.75, 3.05) is 13.7 Å². The van der Waals surface area contributed by atoms with Gasteiger partial charge in [-0.2, -0.15) is 0 Å². The molecule has 2 aliphatic heterocycles. The van der Waals surface area contributed by atoms with Crippen molar-refractivity contribution in [1.29, 1.82) is 0 Å². The number of nitrogens with zero attached hydrogens (tertiary/aromatic N) is 2. The average Bonchev–Trinajstić information content (AvgIpc) is 2.65. The number of ether oxygens (including phenoxy) is 1. The fraction of sp³-hybridized carbons (Fsp3) is 0.467. The van der Waals surface area contributed by atoms with Crippen LogP contribution in [0.15, 0.2) is 17.1 Å². The summed E-state index contributed by atoms with van der Waals surface area (Å²) in [6.45, 7) is 5.02. The Kier molecular flexibility index (Phi) is 2.74. The van der Waals surface area contributed by atoms with Crippen LogP contribution in [0.5, 0.6) is 11.5 Å². The lowest BCUT2D eigenvalue weighted by Crippen LogP contribution is -2.36. The summed E-state index contributed by atoms with van der Waals surface area (Å²) in [6.07, 6.45) is 2.71. The van der Waals surface area contributed by atoms with Gasteiger partial charge in [0, 0.05) is 18.8 Å². The zero-order valence-electron chi connectivity index (χ0n) is 11.9. The lowest BCUT2D eigenvalue weighted by molar-refractivity contribution is 0.0761. The van der Waals surface area contributed by atoms with Crippen LogP contribution in [0.1, 0.15) is 30.6 Å². The molecule has 5 nitrogen and oxygen atoms in total. The van der Waals surface area contributed by atoms with Crippen LogP contribution in [0, 0.1) is 5.41 Å². The summed E-state index contributed by atoms with van der Waals surface area (Å²) in [5.41, 5.74) is 1.09. The minimum atomic E-state index is -0.0497. The monoisotopic (exact) mass is 274 g/mol. The summed E-state index contributed by atoms with van der Waals surface area (Å²) in [5.74, 6) is 0.245. The molecule has 0 saturated carbocycles. The van der Waals surface area contributed by atoms with E-state index in [0.29, 0.717) is 23.5 Å². The van der Waals surface area contributed by atoms with Crippen LogP contribution in [0.3, 0.4) is 0 Å². The highest BCUT2D eigenvalue weighted by atomic mass is 16.5. The van der Waals surface area contributed by atoms with E-state index in [2.05, 4.69) is 18.8 Å². The molecule has 0 aliphatic carbocycles. The van der Waals surface area contributed by atoms with Gasteiger partial charge in [0.2, 0.25) is 0 Å². The first-order valence-corrected chi connectivity index (χ1v) is 6.67. The maximum Gasteiger partial charge on any atom is 0.256 e. The van der Waals surface area contributed by atoms with E-state index in [0.717, 1.165) is 6.42 Å². The van der Waals surface area contributed by atoms with Crippen LogP contribution in [-0.4, -0.2) is 41.8 Å². The SMILES string of the molecule is COc1cc2c(cc1O)N=C[C@@H]1CC(C)(C)CN1C2=O. The molecule has 1 aromatic carbocycles. The van der Waals surface area contributed by atoms with Crippen molar-refractivity contribution >= 4 is 17.8 Å². The second-order valence-corrected chi connectivity index (χ2v) is 6.19. The van der Waals surface area contributed by atoms with Gasteiger partial charge in [-0.25, -0.2) is 0 Å². The number of rotatable bonds is 1. The molecule has 0 spiro atoms. The maximum absolute atomic E-state index is 12.7. The molecule has 0 radical (unpaired) electrons. The van der Waals surface area contributed by atoms with Gasteiger partial charge < -0.3 is 14.7 Å². The fourth-order valence-electron chi connectivity index (χ4n) is 2.99. The first-order valence-electron chi connectivity index (χ1n) is 6.67. The van der Waals surface area contributed by atoms with Crippen LogP contribution in [0.25, 0.3) is 0 Å². The highest BCUT2D eigenvalue weighted by Gasteiger charge is 2.41. The van der Waals surface area contributed by atoms with Crippen molar-refractivity contribution in [3.63, 3.8) is 0 Å². The molecular formula is C15H18N2O3. The Labute approximate surface area is 117 Å². The Morgan fingerprint density at radius 2 is 2.20 bits per heavy atom. The third-order valence-electron chi connectivity index (χ3n) is 3.93. The number of methoxy groups -OCH3 is 1. The van der Waals surface area contributed by atoms with Crippen molar-refractivity contribution < 1.29 is 14.6 Å². The zero-order valence-corrected chi connectivity index (χ0v) is 11.9. The Bertz CT molecular complexity index is 607. The van der Waals surface area contributed by atoms with Crippen molar-refractivity contribution in [3.05, 3.63) is 17.7 Å². The van der Waals surface area contributed by atoms with E-state index < -0.39 is 0 Å². The van der Waals surface area contributed by atoms with Gasteiger partial charge in [-0.1, -0.05) is 13.8 Å². The van der Waals surface area contributed by atoms with Gasteiger partial charge in [-0.05, 0) is 17.9 Å². The second-order valence-electron chi connectivity index (χ2n) is 6.19. The lowest BCUT2D eigenvalue weighted by Gasteiger charge is -2.21. The molecule has 1 aromatic rings. The molecule has 1 amide bonds. The minimum Gasteiger partial charge on any atom is -0.504 e. The quantitative estimate of drug-likeness (QED) is 0.855. The van der Waals surface area contributed by atoms with E-state index in [1.54, 1.807) is 6.07 Å². The Hall–Kier alpha value is -2.04. The molecule has 106 valence electrons. The summed E-state index contributed by atoms with van der Waals surface area (Å²) in [5, 5.41) is 9.81.